The van der Waals surface area contributed by atoms with E-state index in [2.05, 4.69) is 5.32 Å². The lowest BCUT2D eigenvalue weighted by molar-refractivity contribution is -0.144. The van der Waals surface area contributed by atoms with Gasteiger partial charge >= 0.3 is 5.97 Å². The topological polar surface area (TPSA) is 55.4 Å². The summed E-state index contributed by atoms with van der Waals surface area (Å²) in [6, 6.07) is 3.26. The van der Waals surface area contributed by atoms with Crippen molar-refractivity contribution < 1.29 is 14.3 Å². The van der Waals surface area contributed by atoms with E-state index in [0.29, 0.717) is 12.2 Å². The second kappa shape index (κ2) is 6.36. The van der Waals surface area contributed by atoms with Crippen LogP contribution in [0.3, 0.4) is 0 Å². The van der Waals surface area contributed by atoms with Crippen molar-refractivity contribution in [2.24, 2.45) is 0 Å². The fraction of sp³-hybridized carbons (Fsp3) is 0.467. The molecule has 0 aliphatic heterocycles. The van der Waals surface area contributed by atoms with E-state index in [1.807, 2.05) is 32.9 Å². The van der Waals surface area contributed by atoms with Gasteiger partial charge in [-0.3, -0.25) is 4.79 Å². The molecule has 1 aromatic rings. The maximum atomic E-state index is 12.2. The molecule has 0 saturated heterocycles. The molecule has 0 fully saturated rings. The van der Waals surface area contributed by atoms with E-state index in [-0.39, 0.29) is 5.91 Å². The molecule has 4 heteroatoms. The first-order valence-electron chi connectivity index (χ1n) is 6.42. The fourth-order valence-electron chi connectivity index (χ4n) is 2.13. The maximum Gasteiger partial charge on any atom is 0.328 e. The summed E-state index contributed by atoms with van der Waals surface area (Å²) < 4.78 is 4.87. The number of hydrogen-bond donors (Lipinski definition) is 1. The minimum absolute atomic E-state index is 0.240. The number of carbonyl (C=O) groups excluding carboxylic acids is 2. The lowest BCUT2D eigenvalue weighted by atomic mass is 9.99. The van der Waals surface area contributed by atoms with Crippen molar-refractivity contribution in [3.05, 3.63) is 34.4 Å². The number of benzene rings is 1. The molecular weight excluding hydrogens is 242 g/mol. The molecule has 0 aromatic heterocycles. The summed E-state index contributed by atoms with van der Waals surface area (Å²) in [4.78, 5) is 23.7. The van der Waals surface area contributed by atoms with Crippen molar-refractivity contribution in [2.75, 3.05) is 6.61 Å². The van der Waals surface area contributed by atoms with Crippen LogP contribution in [0.1, 0.15) is 40.9 Å². The van der Waals surface area contributed by atoms with Gasteiger partial charge in [-0.2, -0.15) is 0 Å². The third-order valence-electron chi connectivity index (χ3n) is 2.89. The van der Waals surface area contributed by atoms with E-state index < -0.39 is 12.0 Å². The normalized spacial score (nSPS) is 11.8. The van der Waals surface area contributed by atoms with Crippen LogP contribution in [-0.2, 0) is 9.53 Å². The smallest absolute Gasteiger partial charge is 0.328 e. The quantitative estimate of drug-likeness (QED) is 0.848. The monoisotopic (exact) mass is 263 g/mol. The third kappa shape index (κ3) is 3.81. The number of nitrogens with one attached hydrogen (secondary N) is 1. The molecule has 1 N–H and O–H groups in total. The van der Waals surface area contributed by atoms with Crippen LogP contribution >= 0.6 is 0 Å². The Bertz CT molecular complexity index is 471. The molecule has 104 valence electrons. The van der Waals surface area contributed by atoms with E-state index in [1.54, 1.807) is 13.8 Å². The molecule has 1 unspecified atom stereocenters. The first-order valence-corrected chi connectivity index (χ1v) is 6.42. The molecule has 1 aromatic carbocycles. The highest BCUT2D eigenvalue weighted by Gasteiger charge is 2.19. The van der Waals surface area contributed by atoms with Crippen LogP contribution in [0.15, 0.2) is 12.1 Å². The maximum absolute atomic E-state index is 12.2. The van der Waals surface area contributed by atoms with E-state index in [1.165, 1.54) is 0 Å². The molecule has 0 heterocycles. The SMILES string of the molecule is CCOC(=O)C(C)NC(=O)c1c(C)cc(C)cc1C. The summed E-state index contributed by atoms with van der Waals surface area (Å²) in [6.07, 6.45) is 0. The van der Waals surface area contributed by atoms with Crippen LogP contribution in [0.25, 0.3) is 0 Å². The van der Waals surface area contributed by atoms with Gasteiger partial charge in [0.15, 0.2) is 0 Å². The van der Waals surface area contributed by atoms with Gasteiger partial charge in [0.1, 0.15) is 6.04 Å². The largest absolute Gasteiger partial charge is 0.464 e. The van der Waals surface area contributed by atoms with Gasteiger partial charge in [0.25, 0.3) is 5.91 Å². The zero-order chi connectivity index (χ0) is 14.6. The lowest BCUT2D eigenvalue weighted by Crippen LogP contribution is -2.40. The number of carbonyl (C=O) groups is 2. The minimum atomic E-state index is -0.646. The zero-order valence-corrected chi connectivity index (χ0v) is 12.2. The number of aryl methyl sites for hydroxylation is 3. The molecule has 0 bridgehead atoms. The molecule has 0 aliphatic carbocycles. The first-order chi connectivity index (χ1) is 8.86. The van der Waals surface area contributed by atoms with Crippen molar-refractivity contribution in [1.82, 2.24) is 5.32 Å². The summed E-state index contributed by atoms with van der Waals surface area (Å²) in [5.74, 6) is -0.658. The Morgan fingerprint density at radius 3 is 2.21 bits per heavy atom. The number of hydrogen-bond acceptors (Lipinski definition) is 3. The van der Waals surface area contributed by atoms with E-state index in [9.17, 15) is 9.59 Å². The third-order valence-corrected chi connectivity index (χ3v) is 2.89. The van der Waals surface area contributed by atoms with Crippen LogP contribution in [0.2, 0.25) is 0 Å². The second-order valence-corrected chi connectivity index (χ2v) is 4.72. The van der Waals surface area contributed by atoms with Gasteiger partial charge in [0.05, 0.1) is 6.61 Å². The van der Waals surface area contributed by atoms with Gasteiger partial charge < -0.3 is 10.1 Å². The van der Waals surface area contributed by atoms with E-state index in [4.69, 9.17) is 4.74 Å². The Hall–Kier alpha value is -1.84. The Morgan fingerprint density at radius 1 is 1.21 bits per heavy atom. The van der Waals surface area contributed by atoms with Crippen LogP contribution < -0.4 is 5.32 Å². The average molecular weight is 263 g/mol. The van der Waals surface area contributed by atoms with E-state index >= 15 is 0 Å². The van der Waals surface area contributed by atoms with Crippen LogP contribution in [0.5, 0.6) is 0 Å². The molecule has 0 spiro atoms. The Labute approximate surface area is 114 Å². The number of ether oxygens (including phenoxy) is 1. The van der Waals surface area contributed by atoms with Crippen LogP contribution in [0.4, 0.5) is 0 Å². The predicted octanol–water partition coefficient (Wildman–Crippen LogP) is 2.29. The average Bonchev–Trinajstić information content (AvgIpc) is 2.27. The first kappa shape index (κ1) is 15.2. The number of esters is 1. The number of rotatable bonds is 4. The summed E-state index contributed by atoms with van der Waals surface area (Å²) in [5, 5.41) is 2.67. The van der Waals surface area contributed by atoms with Gasteiger partial charge in [-0.05, 0) is 45.7 Å². The Kier molecular flexibility index (Phi) is 5.10. The molecular formula is C15H21NO3. The van der Waals surface area contributed by atoms with Crippen molar-refractivity contribution in [3.8, 4) is 0 Å². The second-order valence-electron chi connectivity index (χ2n) is 4.72. The molecule has 0 saturated carbocycles. The van der Waals surface area contributed by atoms with Gasteiger partial charge in [-0.25, -0.2) is 4.79 Å². The molecule has 4 nitrogen and oxygen atoms in total. The standard InChI is InChI=1S/C15H21NO3/c1-6-19-15(18)12(5)16-14(17)13-10(3)7-9(2)8-11(13)4/h7-8,12H,6H2,1-5H3,(H,16,17). The highest BCUT2D eigenvalue weighted by atomic mass is 16.5. The highest BCUT2D eigenvalue weighted by Crippen LogP contribution is 2.16. The van der Waals surface area contributed by atoms with Crippen molar-refractivity contribution in [3.63, 3.8) is 0 Å². The molecule has 0 radical (unpaired) electrons. The Morgan fingerprint density at radius 2 is 1.74 bits per heavy atom. The van der Waals surface area contributed by atoms with Gasteiger partial charge in [-0.15, -0.1) is 0 Å². The van der Waals surface area contributed by atoms with Crippen molar-refractivity contribution in [2.45, 2.75) is 40.7 Å². The molecule has 1 atom stereocenters. The van der Waals surface area contributed by atoms with Crippen LogP contribution in [0, 0.1) is 20.8 Å². The summed E-state index contributed by atoms with van der Waals surface area (Å²) in [7, 11) is 0. The molecule has 19 heavy (non-hydrogen) atoms. The van der Waals surface area contributed by atoms with Gasteiger partial charge in [-0.1, -0.05) is 17.7 Å². The highest BCUT2D eigenvalue weighted by molar-refractivity contribution is 5.99. The Balaban J connectivity index is 2.87. The lowest BCUT2D eigenvalue weighted by Gasteiger charge is -2.15. The molecule has 1 rings (SSSR count). The zero-order valence-electron chi connectivity index (χ0n) is 12.2. The fourth-order valence-corrected chi connectivity index (χ4v) is 2.13. The minimum Gasteiger partial charge on any atom is -0.464 e. The number of amides is 1. The molecule has 0 aliphatic rings. The van der Waals surface area contributed by atoms with Gasteiger partial charge in [0, 0.05) is 5.56 Å². The van der Waals surface area contributed by atoms with E-state index in [0.717, 1.165) is 16.7 Å². The molecule has 1 amide bonds. The van der Waals surface area contributed by atoms with Crippen LogP contribution in [-0.4, -0.2) is 24.5 Å². The summed E-state index contributed by atoms with van der Waals surface area (Å²) in [6.45, 7) is 9.44. The predicted molar refractivity (Wildman–Crippen MR) is 74.2 cm³/mol. The van der Waals surface area contributed by atoms with Crippen molar-refractivity contribution >= 4 is 11.9 Å². The summed E-state index contributed by atoms with van der Waals surface area (Å²) >= 11 is 0. The van der Waals surface area contributed by atoms with Crippen molar-refractivity contribution in [1.29, 1.82) is 0 Å². The summed E-state index contributed by atoms with van der Waals surface area (Å²) in [5.41, 5.74) is 3.56. The van der Waals surface area contributed by atoms with Gasteiger partial charge in [0.2, 0.25) is 0 Å².